The average Bonchev–Trinajstić information content (AvgIpc) is 3.01. The van der Waals surface area contributed by atoms with Crippen LogP contribution < -0.4 is 0 Å². The molecule has 0 nitrogen and oxygen atoms in total. The Morgan fingerprint density at radius 1 is 0.737 bits per heavy atom. The molecule has 0 saturated heterocycles. The highest BCUT2D eigenvalue weighted by atomic mass is 32.2. The van der Waals surface area contributed by atoms with Crippen LogP contribution in [-0.2, 0) is 0 Å². The van der Waals surface area contributed by atoms with Gasteiger partial charge >= 0.3 is 0 Å². The number of rotatable bonds is 4. The first-order valence-electron chi connectivity index (χ1n) is 6.55. The van der Waals surface area contributed by atoms with E-state index in [1.165, 1.54) is 10.5 Å². The minimum absolute atomic E-state index is 0.443. The highest BCUT2D eigenvalue weighted by Crippen LogP contribution is 2.42. The quantitative estimate of drug-likeness (QED) is 0.678. The Labute approximate surface area is 118 Å². The van der Waals surface area contributed by atoms with Crippen LogP contribution in [-0.4, -0.2) is 0 Å². The Morgan fingerprint density at radius 3 is 1.95 bits per heavy atom. The Kier molecular flexibility index (Phi) is 3.85. The SMILES string of the molecule is C1=CC(C(Sc2ccccc2)c2ccccc2)C=C1. The van der Waals surface area contributed by atoms with E-state index in [0.717, 1.165) is 0 Å². The van der Waals surface area contributed by atoms with Gasteiger partial charge in [0, 0.05) is 16.1 Å². The van der Waals surface area contributed by atoms with Crippen LogP contribution in [0.2, 0.25) is 0 Å². The zero-order chi connectivity index (χ0) is 12.9. The molecule has 0 spiro atoms. The molecule has 0 heterocycles. The van der Waals surface area contributed by atoms with Gasteiger partial charge in [0.05, 0.1) is 0 Å². The fourth-order valence-corrected chi connectivity index (χ4v) is 3.55. The molecule has 3 rings (SSSR count). The summed E-state index contributed by atoms with van der Waals surface area (Å²) in [5, 5.41) is 0.443. The standard InChI is InChI=1S/C18H16S/c1-3-9-15(10-4-1)18(16-11-7-8-12-16)19-17-13-5-2-6-14-17/h1-14,16,18H. The summed E-state index contributed by atoms with van der Waals surface area (Å²) >= 11 is 1.94. The number of hydrogen-bond donors (Lipinski definition) is 0. The monoisotopic (exact) mass is 264 g/mol. The Balaban J connectivity index is 1.89. The van der Waals surface area contributed by atoms with Crippen molar-refractivity contribution < 1.29 is 0 Å². The molecule has 0 aliphatic heterocycles. The first kappa shape index (κ1) is 12.3. The van der Waals surface area contributed by atoms with E-state index < -0.39 is 0 Å². The Hall–Kier alpha value is -1.73. The average molecular weight is 264 g/mol. The molecule has 0 radical (unpaired) electrons. The van der Waals surface area contributed by atoms with E-state index in [-0.39, 0.29) is 0 Å². The lowest BCUT2D eigenvalue weighted by Gasteiger charge is -2.21. The predicted octanol–water partition coefficient (Wildman–Crippen LogP) is 5.26. The van der Waals surface area contributed by atoms with Gasteiger partial charge in [-0.2, -0.15) is 0 Å². The predicted molar refractivity (Wildman–Crippen MR) is 83.3 cm³/mol. The first-order valence-corrected chi connectivity index (χ1v) is 7.43. The fraction of sp³-hybridized carbons (Fsp3) is 0.111. The lowest BCUT2D eigenvalue weighted by Crippen LogP contribution is -2.03. The van der Waals surface area contributed by atoms with Crippen molar-refractivity contribution >= 4 is 11.8 Å². The molecule has 0 fully saturated rings. The van der Waals surface area contributed by atoms with Crippen LogP contribution in [0.3, 0.4) is 0 Å². The molecule has 2 aromatic carbocycles. The Morgan fingerprint density at radius 2 is 1.32 bits per heavy atom. The summed E-state index contributed by atoms with van der Waals surface area (Å²) < 4.78 is 0. The van der Waals surface area contributed by atoms with Crippen molar-refractivity contribution in [1.29, 1.82) is 0 Å². The second-order valence-electron chi connectivity index (χ2n) is 4.61. The number of thioether (sulfide) groups is 1. The third-order valence-electron chi connectivity index (χ3n) is 3.26. The number of allylic oxidation sites excluding steroid dienone is 4. The van der Waals surface area contributed by atoms with Gasteiger partial charge in [-0.15, -0.1) is 11.8 Å². The number of hydrogen-bond acceptors (Lipinski definition) is 1. The molecule has 2 aromatic rings. The van der Waals surface area contributed by atoms with Gasteiger partial charge < -0.3 is 0 Å². The highest BCUT2D eigenvalue weighted by molar-refractivity contribution is 7.99. The number of benzene rings is 2. The van der Waals surface area contributed by atoms with Gasteiger partial charge in [0.2, 0.25) is 0 Å². The molecular formula is C18H16S. The fourth-order valence-electron chi connectivity index (χ4n) is 2.31. The second-order valence-corrected chi connectivity index (χ2v) is 5.82. The van der Waals surface area contributed by atoms with Crippen molar-refractivity contribution in [3.63, 3.8) is 0 Å². The molecule has 19 heavy (non-hydrogen) atoms. The first-order chi connectivity index (χ1) is 9.43. The van der Waals surface area contributed by atoms with E-state index in [4.69, 9.17) is 0 Å². The van der Waals surface area contributed by atoms with Gasteiger partial charge in [-0.3, -0.25) is 0 Å². The van der Waals surface area contributed by atoms with Gasteiger partial charge in [0.15, 0.2) is 0 Å². The van der Waals surface area contributed by atoms with E-state index in [9.17, 15) is 0 Å². The van der Waals surface area contributed by atoms with Crippen molar-refractivity contribution in [1.82, 2.24) is 0 Å². The van der Waals surface area contributed by atoms with Crippen molar-refractivity contribution in [3.8, 4) is 0 Å². The summed E-state index contributed by atoms with van der Waals surface area (Å²) in [4.78, 5) is 1.32. The zero-order valence-electron chi connectivity index (χ0n) is 10.6. The Bertz CT molecular complexity index is 557. The van der Waals surface area contributed by atoms with Crippen molar-refractivity contribution in [3.05, 3.63) is 90.5 Å². The van der Waals surface area contributed by atoms with E-state index in [0.29, 0.717) is 11.2 Å². The molecule has 1 aliphatic rings. The molecule has 0 aromatic heterocycles. The van der Waals surface area contributed by atoms with Gasteiger partial charge in [-0.05, 0) is 17.7 Å². The zero-order valence-corrected chi connectivity index (χ0v) is 11.5. The largest absolute Gasteiger partial charge is 0.117 e. The lowest BCUT2D eigenvalue weighted by atomic mass is 10.0. The second kappa shape index (κ2) is 5.94. The molecule has 1 atom stereocenters. The van der Waals surface area contributed by atoms with Crippen molar-refractivity contribution in [2.24, 2.45) is 5.92 Å². The maximum absolute atomic E-state index is 2.29. The highest BCUT2D eigenvalue weighted by Gasteiger charge is 2.21. The summed E-state index contributed by atoms with van der Waals surface area (Å²) in [6.45, 7) is 0. The van der Waals surface area contributed by atoms with Crippen LogP contribution in [0.15, 0.2) is 89.9 Å². The van der Waals surface area contributed by atoms with Crippen molar-refractivity contribution in [2.75, 3.05) is 0 Å². The normalized spacial score (nSPS) is 15.8. The van der Waals surface area contributed by atoms with Gasteiger partial charge in [-0.1, -0.05) is 72.8 Å². The van der Waals surface area contributed by atoms with Crippen molar-refractivity contribution in [2.45, 2.75) is 10.1 Å². The van der Waals surface area contributed by atoms with E-state index >= 15 is 0 Å². The van der Waals surface area contributed by atoms with E-state index in [2.05, 4.69) is 85.0 Å². The third kappa shape index (κ3) is 2.99. The van der Waals surface area contributed by atoms with Crippen LogP contribution in [0, 0.1) is 5.92 Å². The van der Waals surface area contributed by atoms with Gasteiger partial charge in [0.1, 0.15) is 0 Å². The minimum atomic E-state index is 0.443. The minimum Gasteiger partial charge on any atom is -0.117 e. The van der Waals surface area contributed by atoms with Crippen LogP contribution in [0.1, 0.15) is 10.8 Å². The topological polar surface area (TPSA) is 0 Å². The molecule has 0 bridgehead atoms. The van der Waals surface area contributed by atoms with Crippen LogP contribution in [0.25, 0.3) is 0 Å². The molecular weight excluding hydrogens is 248 g/mol. The maximum atomic E-state index is 2.29. The van der Waals surface area contributed by atoms with E-state index in [1.807, 2.05) is 11.8 Å². The smallest absolute Gasteiger partial charge is 0.0441 e. The van der Waals surface area contributed by atoms with Crippen LogP contribution in [0.4, 0.5) is 0 Å². The lowest BCUT2D eigenvalue weighted by molar-refractivity contribution is 0.793. The maximum Gasteiger partial charge on any atom is 0.0441 e. The summed E-state index contributed by atoms with van der Waals surface area (Å²) in [7, 11) is 0. The summed E-state index contributed by atoms with van der Waals surface area (Å²) in [5.74, 6) is 0.479. The molecule has 0 saturated carbocycles. The third-order valence-corrected chi connectivity index (χ3v) is 4.65. The molecule has 0 amide bonds. The van der Waals surface area contributed by atoms with Gasteiger partial charge in [0.25, 0.3) is 0 Å². The summed E-state index contributed by atoms with van der Waals surface area (Å²) in [6, 6.07) is 21.4. The van der Waals surface area contributed by atoms with E-state index in [1.54, 1.807) is 0 Å². The molecule has 1 unspecified atom stereocenters. The van der Waals surface area contributed by atoms with Crippen LogP contribution >= 0.6 is 11.8 Å². The summed E-state index contributed by atoms with van der Waals surface area (Å²) in [5.41, 5.74) is 1.39. The van der Waals surface area contributed by atoms with Crippen LogP contribution in [0.5, 0.6) is 0 Å². The molecule has 94 valence electrons. The molecule has 1 heteroatoms. The summed E-state index contributed by atoms with van der Waals surface area (Å²) in [6.07, 6.45) is 8.86. The van der Waals surface area contributed by atoms with Gasteiger partial charge in [-0.25, -0.2) is 0 Å². The molecule has 1 aliphatic carbocycles. The molecule has 0 N–H and O–H groups in total.